The first-order valence-corrected chi connectivity index (χ1v) is 11.8. The highest BCUT2D eigenvalue weighted by Crippen LogP contribution is 2.32. The predicted octanol–water partition coefficient (Wildman–Crippen LogP) is 4.38. The van der Waals surface area contributed by atoms with E-state index in [9.17, 15) is 9.59 Å². The summed E-state index contributed by atoms with van der Waals surface area (Å²) in [5.74, 6) is 1.66. The number of fused-ring (bicyclic) bond motifs is 1. The van der Waals surface area contributed by atoms with Gasteiger partial charge in [0.05, 0.1) is 6.20 Å². The normalized spacial score (nSPS) is 16.8. The monoisotopic (exact) mass is 450 g/mol. The van der Waals surface area contributed by atoms with Crippen LogP contribution in [0.2, 0.25) is 0 Å². The summed E-state index contributed by atoms with van der Waals surface area (Å²) in [6.07, 6.45) is 5.85. The zero-order valence-corrected chi connectivity index (χ0v) is 19.1. The summed E-state index contributed by atoms with van der Waals surface area (Å²) in [6.45, 7) is 5.87. The molecule has 2 fully saturated rings. The third kappa shape index (κ3) is 4.53. The molecule has 174 valence electrons. The van der Waals surface area contributed by atoms with Gasteiger partial charge in [-0.1, -0.05) is 6.92 Å². The third-order valence-corrected chi connectivity index (χ3v) is 6.65. The summed E-state index contributed by atoms with van der Waals surface area (Å²) in [5, 5.41) is 7.18. The van der Waals surface area contributed by atoms with Crippen LogP contribution < -0.4 is 16.2 Å². The Hall–Kier alpha value is -3.13. The highest BCUT2D eigenvalue weighted by Gasteiger charge is 2.26. The van der Waals surface area contributed by atoms with Gasteiger partial charge in [0.15, 0.2) is 0 Å². The van der Waals surface area contributed by atoms with E-state index in [1.165, 1.54) is 6.20 Å². The quantitative estimate of drug-likeness (QED) is 0.554. The van der Waals surface area contributed by atoms with Crippen LogP contribution in [-0.4, -0.2) is 28.7 Å². The minimum atomic E-state index is -0.228. The Kier molecular flexibility index (Phi) is 5.93. The number of aromatic nitrogens is 2. The molecule has 3 heterocycles. The summed E-state index contributed by atoms with van der Waals surface area (Å²) in [6, 6.07) is 5.90. The third-order valence-electron chi connectivity index (χ3n) is 6.65. The number of carbonyl (C=O) groups excluding carboxylic acids is 1. The second kappa shape index (κ2) is 9.02. The van der Waals surface area contributed by atoms with Gasteiger partial charge < -0.3 is 19.8 Å². The lowest BCUT2D eigenvalue weighted by atomic mass is 9.99. The molecule has 3 aromatic rings. The molecule has 33 heavy (non-hydrogen) atoms. The van der Waals surface area contributed by atoms with Gasteiger partial charge in [0.1, 0.15) is 17.0 Å². The van der Waals surface area contributed by atoms with Crippen molar-refractivity contribution in [3.05, 3.63) is 46.1 Å². The molecule has 2 N–H and O–H groups in total. The minimum absolute atomic E-state index is 0.134. The largest absolute Gasteiger partial charge is 0.461 e. The maximum Gasteiger partial charge on any atom is 0.278 e. The Labute approximate surface area is 192 Å². The Balaban J connectivity index is 1.42. The van der Waals surface area contributed by atoms with Crippen LogP contribution >= 0.6 is 0 Å². The number of nitrogens with zero attached hydrogens (tertiary/aromatic N) is 2. The Morgan fingerprint density at radius 3 is 2.73 bits per heavy atom. The van der Waals surface area contributed by atoms with Crippen LogP contribution in [-0.2, 0) is 22.5 Å². The highest BCUT2D eigenvalue weighted by atomic mass is 16.5. The van der Waals surface area contributed by atoms with Crippen molar-refractivity contribution in [3.63, 3.8) is 0 Å². The Morgan fingerprint density at radius 2 is 2.00 bits per heavy atom. The standard InChI is InChI=1S/C25H30N4O4/c1-3-21-15(2)19-12-18(6-7-22(19)33-21)27-25-26-13-20(24(31)29(25)14-16-4-5-16)28-23(30)17-8-10-32-11-9-17/h6-7,12-13,16-17H,3-5,8-11,14H2,1-2H3,(H,26,27)(H,28,30). The van der Waals surface area contributed by atoms with Crippen LogP contribution in [0.3, 0.4) is 0 Å². The van der Waals surface area contributed by atoms with Crippen molar-refractivity contribution in [1.29, 1.82) is 0 Å². The zero-order valence-electron chi connectivity index (χ0n) is 19.1. The number of rotatable bonds is 7. The van der Waals surface area contributed by atoms with E-state index in [1.807, 2.05) is 18.2 Å². The smallest absolute Gasteiger partial charge is 0.278 e. The Morgan fingerprint density at radius 1 is 1.21 bits per heavy atom. The SMILES string of the molecule is CCc1oc2ccc(Nc3ncc(NC(=O)C4CCOCC4)c(=O)n3CC3CC3)cc2c1C. The van der Waals surface area contributed by atoms with Gasteiger partial charge in [-0.2, -0.15) is 0 Å². The van der Waals surface area contributed by atoms with Crippen LogP contribution in [0, 0.1) is 18.8 Å². The summed E-state index contributed by atoms with van der Waals surface area (Å²) >= 11 is 0. The molecule has 1 saturated carbocycles. The summed E-state index contributed by atoms with van der Waals surface area (Å²) in [7, 11) is 0. The molecule has 0 unspecified atom stereocenters. The van der Waals surface area contributed by atoms with Crippen LogP contribution in [0.4, 0.5) is 17.3 Å². The molecule has 2 aromatic heterocycles. The van der Waals surface area contributed by atoms with Gasteiger partial charge in [0.2, 0.25) is 11.9 Å². The van der Waals surface area contributed by atoms with Gasteiger partial charge in [-0.15, -0.1) is 0 Å². The first-order chi connectivity index (χ1) is 16.0. The van der Waals surface area contributed by atoms with E-state index in [-0.39, 0.29) is 23.1 Å². The topological polar surface area (TPSA) is 98.4 Å². The Bertz CT molecular complexity index is 1240. The number of amides is 1. The number of aryl methyl sites for hydroxylation is 2. The number of hydrogen-bond acceptors (Lipinski definition) is 6. The molecule has 0 bridgehead atoms. The molecule has 1 saturated heterocycles. The number of anilines is 3. The fourth-order valence-electron chi connectivity index (χ4n) is 4.42. The van der Waals surface area contributed by atoms with Gasteiger partial charge in [-0.3, -0.25) is 14.2 Å². The van der Waals surface area contributed by atoms with E-state index in [4.69, 9.17) is 9.15 Å². The lowest BCUT2D eigenvalue weighted by molar-refractivity contribution is -0.122. The first-order valence-electron chi connectivity index (χ1n) is 11.8. The minimum Gasteiger partial charge on any atom is -0.461 e. The number of ether oxygens (including phenoxy) is 1. The molecule has 0 spiro atoms. The van der Waals surface area contributed by atoms with Gasteiger partial charge in [-0.25, -0.2) is 4.98 Å². The van der Waals surface area contributed by atoms with Crippen LogP contribution in [0.25, 0.3) is 11.0 Å². The van der Waals surface area contributed by atoms with E-state index in [0.717, 1.165) is 47.2 Å². The van der Waals surface area contributed by atoms with E-state index in [2.05, 4.69) is 29.5 Å². The van der Waals surface area contributed by atoms with Crippen LogP contribution in [0.1, 0.15) is 43.9 Å². The van der Waals surface area contributed by atoms with Gasteiger partial charge in [0.25, 0.3) is 5.56 Å². The van der Waals surface area contributed by atoms with Crippen molar-refractivity contribution in [2.24, 2.45) is 11.8 Å². The van der Waals surface area contributed by atoms with Crippen molar-refractivity contribution in [2.75, 3.05) is 23.8 Å². The molecule has 5 rings (SSSR count). The molecular weight excluding hydrogens is 420 g/mol. The van der Waals surface area contributed by atoms with E-state index < -0.39 is 0 Å². The van der Waals surface area contributed by atoms with Crippen LogP contribution in [0.5, 0.6) is 0 Å². The van der Waals surface area contributed by atoms with Crippen molar-refractivity contribution >= 4 is 34.2 Å². The molecule has 0 atom stereocenters. The first kappa shape index (κ1) is 21.7. The molecule has 1 aliphatic heterocycles. The molecule has 1 aromatic carbocycles. The van der Waals surface area contributed by atoms with Crippen molar-refractivity contribution in [3.8, 4) is 0 Å². The average Bonchev–Trinajstić information content (AvgIpc) is 3.60. The van der Waals surface area contributed by atoms with E-state index in [1.54, 1.807) is 4.57 Å². The summed E-state index contributed by atoms with van der Waals surface area (Å²) in [4.78, 5) is 30.5. The lowest BCUT2D eigenvalue weighted by Gasteiger charge is -2.21. The number of benzene rings is 1. The number of hydrogen-bond donors (Lipinski definition) is 2. The van der Waals surface area contributed by atoms with Gasteiger partial charge in [-0.05, 0) is 62.3 Å². The summed E-state index contributed by atoms with van der Waals surface area (Å²) in [5.41, 5.74) is 2.82. The lowest BCUT2D eigenvalue weighted by Crippen LogP contribution is -2.33. The molecule has 8 nitrogen and oxygen atoms in total. The van der Waals surface area contributed by atoms with Gasteiger partial charge >= 0.3 is 0 Å². The maximum atomic E-state index is 13.3. The van der Waals surface area contributed by atoms with Crippen molar-refractivity contribution in [2.45, 2.75) is 52.5 Å². The molecule has 2 aliphatic rings. The molecule has 1 amide bonds. The van der Waals surface area contributed by atoms with E-state index in [0.29, 0.717) is 44.5 Å². The average molecular weight is 451 g/mol. The maximum absolute atomic E-state index is 13.3. The highest BCUT2D eigenvalue weighted by molar-refractivity contribution is 5.92. The molecule has 1 aliphatic carbocycles. The zero-order chi connectivity index (χ0) is 22.9. The van der Waals surface area contributed by atoms with Crippen molar-refractivity contribution < 1.29 is 13.9 Å². The second-order valence-electron chi connectivity index (χ2n) is 9.07. The number of nitrogens with one attached hydrogen (secondary N) is 2. The van der Waals surface area contributed by atoms with Crippen LogP contribution in [0.15, 0.2) is 33.6 Å². The van der Waals surface area contributed by atoms with E-state index >= 15 is 0 Å². The summed E-state index contributed by atoms with van der Waals surface area (Å²) < 4.78 is 12.9. The predicted molar refractivity (Wildman–Crippen MR) is 127 cm³/mol. The number of carbonyl (C=O) groups is 1. The molecule has 0 radical (unpaired) electrons. The second-order valence-corrected chi connectivity index (χ2v) is 9.07. The number of furan rings is 1. The van der Waals surface area contributed by atoms with Gasteiger partial charge in [0, 0.05) is 43.2 Å². The molecular formula is C25H30N4O4. The van der Waals surface area contributed by atoms with Crippen molar-refractivity contribution in [1.82, 2.24) is 9.55 Å². The molecule has 8 heteroatoms. The fraction of sp³-hybridized carbons (Fsp3) is 0.480. The fourth-order valence-corrected chi connectivity index (χ4v) is 4.42.